The maximum absolute atomic E-state index is 13.6. The summed E-state index contributed by atoms with van der Waals surface area (Å²) in [6.45, 7) is 3.08. The largest absolute Gasteiger partial charge is 0.495 e. The van der Waals surface area contributed by atoms with Crippen molar-refractivity contribution < 1.29 is 71.7 Å². The van der Waals surface area contributed by atoms with Crippen molar-refractivity contribution in [3.05, 3.63) is 88.6 Å². The summed E-state index contributed by atoms with van der Waals surface area (Å²) in [5, 5.41) is 6.37. The van der Waals surface area contributed by atoms with Gasteiger partial charge in [-0.1, -0.05) is 13.3 Å². The fourth-order valence-corrected chi connectivity index (χ4v) is 7.68. The Kier molecular flexibility index (Phi) is 11.7. The molecular formula is C38H33F12N5O4. The van der Waals surface area contributed by atoms with Gasteiger partial charge in [0.05, 0.1) is 46.6 Å². The molecule has 3 N–H and O–H groups in total. The van der Waals surface area contributed by atoms with Crippen molar-refractivity contribution in [3.63, 3.8) is 0 Å². The molecule has 0 saturated carbocycles. The van der Waals surface area contributed by atoms with E-state index in [9.17, 15) is 62.3 Å². The number of nitrogens with zero attached hydrogens (tertiary/aromatic N) is 2. The number of pyridine rings is 1. The summed E-state index contributed by atoms with van der Waals surface area (Å²) in [6.07, 6.45) is -20.4. The lowest BCUT2D eigenvalue weighted by molar-refractivity contribution is -0.144. The number of nitrogens with one attached hydrogen (secondary N) is 3. The van der Waals surface area contributed by atoms with Crippen LogP contribution in [-0.2, 0) is 29.4 Å². The Hall–Kier alpha value is -5.47. The first-order chi connectivity index (χ1) is 27.5. The Balaban J connectivity index is 1.42. The predicted octanol–water partition coefficient (Wildman–Crippen LogP) is 11.4. The summed E-state index contributed by atoms with van der Waals surface area (Å²) in [4.78, 5) is 33.4. The van der Waals surface area contributed by atoms with Crippen LogP contribution in [0, 0.1) is 11.8 Å². The molecule has 7 rings (SSSR count). The first kappa shape index (κ1) is 43.1. The zero-order valence-electron chi connectivity index (χ0n) is 30.7. The van der Waals surface area contributed by atoms with Crippen LogP contribution in [0.1, 0.15) is 60.1 Å². The van der Waals surface area contributed by atoms with Crippen molar-refractivity contribution in [2.24, 2.45) is 11.8 Å². The van der Waals surface area contributed by atoms with Crippen molar-refractivity contribution in [1.29, 1.82) is 0 Å². The number of hydrogen-bond acceptors (Lipinski definition) is 6. The fraction of sp³-hybridized carbons (Fsp3) is 0.395. The zero-order chi connectivity index (χ0) is 43.2. The summed E-state index contributed by atoms with van der Waals surface area (Å²) >= 11 is 0. The quantitative estimate of drug-likeness (QED) is 0.153. The molecule has 5 atom stereocenters. The van der Waals surface area contributed by atoms with Crippen LogP contribution < -0.4 is 20.7 Å². The van der Waals surface area contributed by atoms with Gasteiger partial charge in [-0.3, -0.25) is 15.2 Å². The molecular weight excluding hydrogens is 818 g/mol. The average Bonchev–Trinajstić information content (AvgIpc) is 3.15. The van der Waals surface area contributed by atoms with Gasteiger partial charge in [0.1, 0.15) is 11.9 Å². The van der Waals surface area contributed by atoms with Crippen molar-refractivity contribution >= 4 is 40.1 Å². The number of amides is 3. The van der Waals surface area contributed by atoms with Crippen LogP contribution in [0.15, 0.2) is 60.8 Å². The van der Waals surface area contributed by atoms with Gasteiger partial charge in [-0.05, 0) is 85.8 Å². The van der Waals surface area contributed by atoms with Gasteiger partial charge in [0, 0.05) is 35.1 Å². The van der Waals surface area contributed by atoms with Crippen LogP contribution in [0.25, 0.3) is 10.9 Å². The monoisotopic (exact) mass is 851 g/mol. The molecule has 0 spiro atoms. The lowest BCUT2D eigenvalue weighted by Crippen LogP contribution is -2.55. The number of carbonyl (C=O) groups is 2. The second kappa shape index (κ2) is 15.9. The number of carbonyl (C=O) groups excluding carboxylic acids is 2. The Bertz CT molecular complexity index is 2160. The molecule has 3 fully saturated rings. The van der Waals surface area contributed by atoms with E-state index < -0.39 is 82.6 Å². The van der Waals surface area contributed by atoms with Crippen molar-refractivity contribution in [2.75, 3.05) is 36.1 Å². The van der Waals surface area contributed by atoms with Gasteiger partial charge in [-0.25, -0.2) is 9.59 Å². The number of hydrogen-bond donors (Lipinski definition) is 3. The normalized spacial score (nSPS) is 20.2. The molecule has 3 aliphatic rings. The Morgan fingerprint density at radius 2 is 1.32 bits per heavy atom. The number of urea groups is 1. The highest BCUT2D eigenvalue weighted by Gasteiger charge is 2.45. The van der Waals surface area contributed by atoms with Crippen LogP contribution >= 0.6 is 0 Å². The van der Waals surface area contributed by atoms with Gasteiger partial charge in [-0.2, -0.15) is 52.7 Å². The molecule has 3 saturated heterocycles. The van der Waals surface area contributed by atoms with Gasteiger partial charge in [-0.15, -0.1) is 0 Å². The zero-order valence-corrected chi connectivity index (χ0v) is 30.7. The van der Waals surface area contributed by atoms with E-state index in [4.69, 9.17) is 9.47 Å². The van der Waals surface area contributed by atoms with Crippen molar-refractivity contribution in [1.82, 2.24) is 9.88 Å². The number of fused-ring (bicyclic) bond motifs is 4. The molecule has 59 heavy (non-hydrogen) atoms. The molecule has 3 aliphatic heterocycles. The minimum absolute atomic E-state index is 0.0212. The van der Waals surface area contributed by atoms with Crippen LogP contribution in [-0.4, -0.2) is 48.2 Å². The van der Waals surface area contributed by atoms with E-state index in [2.05, 4.69) is 10.3 Å². The summed E-state index contributed by atoms with van der Waals surface area (Å²) in [6, 6.07) is 3.16. The summed E-state index contributed by atoms with van der Waals surface area (Å²) < 4.78 is 174. The van der Waals surface area contributed by atoms with Gasteiger partial charge in [0.25, 0.3) is 0 Å². The lowest BCUT2D eigenvalue weighted by Gasteiger charge is -2.51. The van der Waals surface area contributed by atoms with Gasteiger partial charge in [0.15, 0.2) is 0 Å². The van der Waals surface area contributed by atoms with Crippen LogP contribution in [0.4, 0.5) is 79.3 Å². The standard InChI is InChI=1S/C38H33F12N5O4/c1-3-18-17-55-9-7-19(18)10-28(55)32(59-34(57)53-25-15-22(37(45,46)47)12-23(16-25)38(48,49)50)26-6-8-51-27-4-5-29(58-2)31(30(26)27)54-33(56)52-24-13-20(35(39,40)41)11-21(14-24)36(42,43)44/h4-6,8,11-16,18-19,28,32H,3,7,9-10,17H2,1-2H3,(H,53,57)(H2,52,54,56)/t18-,19-,28-,32+/m0/s1. The van der Waals surface area contributed by atoms with E-state index in [1.54, 1.807) is 0 Å². The second-order valence-corrected chi connectivity index (χ2v) is 14.1. The summed E-state index contributed by atoms with van der Waals surface area (Å²) in [5.41, 5.74) is -8.53. The number of methoxy groups -OCH3 is 1. The van der Waals surface area contributed by atoms with Crippen LogP contribution in [0.5, 0.6) is 5.75 Å². The third-order valence-corrected chi connectivity index (χ3v) is 10.4. The van der Waals surface area contributed by atoms with E-state index >= 15 is 0 Å². The molecule has 0 radical (unpaired) electrons. The Morgan fingerprint density at radius 3 is 1.80 bits per heavy atom. The summed E-state index contributed by atoms with van der Waals surface area (Å²) in [5.74, 6) is 0.289. The van der Waals surface area contributed by atoms with E-state index in [1.807, 2.05) is 22.5 Å². The minimum Gasteiger partial charge on any atom is -0.495 e. The topological polar surface area (TPSA) is 105 Å². The number of ether oxygens (including phenoxy) is 2. The van der Waals surface area contributed by atoms with E-state index in [-0.39, 0.29) is 51.9 Å². The molecule has 3 aromatic carbocycles. The third kappa shape index (κ3) is 9.55. The van der Waals surface area contributed by atoms with Crippen LogP contribution in [0.3, 0.4) is 0 Å². The number of piperidine rings is 3. The van der Waals surface area contributed by atoms with Crippen molar-refractivity contribution in [2.45, 2.75) is 63.0 Å². The fourth-order valence-electron chi connectivity index (χ4n) is 7.68. The molecule has 4 aromatic rings. The molecule has 1 unspecified atom stereocenters. The Morgan fingerprint density at radius 1 is 0.780 bits per heavy atom. The Labute approximate surface area is 327 Å². The second-order valence-electron chi connectivity index (χ2n) is 14.1. The van der Waals surface area contributed by atoms with Crippen LogP contribution in [0.2, 0.25) is 0 Å². The molecule has 0 aliphatic carbocycles. The molecule has 4 heterocycles. The maximum atomic E-state index is 13.6. The average molecular weight is 852 g/mol. The smallest absolute Gasteiger partial charge is 0.416 e. The minimum atomic E-state index is -5.22. The molecule has 3 amide bonds. The van der Waals surface area contributed by atoms with E-state index in [1.165, 1.54) is 31.5 Å². The SMILES string of the molecule is CC[C@H]1CN2CC[C@H]1C[C@H]2[C@H](OC(=O)Nc1cc(C(F)(F)F)cc(C(F)(F)F)c1)c1ccnc2ccc(OC)c(NC(=O)Nc3cc(C(F)(F)F)cc(C(F)(F)F)c3)c12. The lowest BCUT2D eigenvalue weighted by atomic mass is 9.72. The van der Waals surface area contributed by atoms with Gasteiger partial charge < -0.3 is 20.1 Å². The number of benzene rings is 3. The number of aromatic nitrogens is 1. The number of anilines is 3. The third-order valence-electron chi connectivity index (χ3n) is 10.4. The first-order valence-corrected chi connectivity index (χ1v) is 17.8. The molecule has 1 aromatic heterocycles. The van der Waals surface area contributed by atoms with E-state index in [0.29, 0.717) is 43.8 Å². The van der Waals surface area contributed by atoms with Crippen molar-refractivity contribution in [3.8, 4) is 5.75 Å². The van der Waals surface area contributed by atoms with Gasteiger partial charge >= 0.3 is 36.8 Å². The highest BCUT2D eigenvalue weighted by Crippen LogP contribution is 2.47. The molecule has 21 heteroatoms. The first-order valence-electron chi connectivity index (χ1n) is 17.8. The number of alkyl halides is 12. The number of rotatable bonds is 8. The summed E-state index contributed by atoms with van der Waals surface area (Å²) in [7, 11) is 1.19. The predicted molar refractivity (Wildman–Crippen MR) is 189 cm³/mol. The van der Waals surface area contributed by atoms with E-state index in [0.717, 1.165) is 12.8 Å². The number of halogens is 12. The van der Waals surface area contributed by atoms with Gasteiger partial charge in [0.2, 0.25) is 0 Å². The molecule has 9 nitrogen and oxygen atoms in total. The highest BCUT2D eigenvalue weighted by atomic mass is 19.4. The highest BCUT2D eigenvalue weighted by molar-refractivity contribution is 6.08. The maximum Gasteiger partial charge on any atom is 0.416 e. The molecule has 2 bridgehead atoms. The molecule has 318 valence electrons.